The van der Waals surface area contributed by atoms with Crippen LogP contribution < -0.4 is 5.32 Å². The van der Waals surface area contributed by atoms with E-state index in [0.717, 1.165) is 23.9 Å². The predicted octanol–water partition coefficient (Wildman–Crippen LogP) is 5.22. The number of aryl methyl sites for hydroxylation is 1. The fourth-order valence-corrected chi connectivity index (χ4v) is 4.59. The minimum atomic E-state index is -4.49. The van der Waals surface area contributed by atoms with E-state index in [1.165, 1.54) is 6.33 Å². The first-order chi connectivity index (χ1) is 16.8. The lowest BCUT2D eigenvalue weighted by Gasteiger charge is -2.40. The van der Waals surface area contributed by atoms with Crippen molar-refractivity contribution in [3.63, 3.8) is 0 Å². The summed E-state index contributed by atoms with van der Waals surface area (Å²) in [5.74, 6) is -0.114. The fraction of sp³-hybridized carbons (Fsp3) is 0.440. The Bertz CT molecular complexity index is 1260. The molecule has 0 bridgehead atoms. The van der Waals surface area contributed by atoms with Gasteiger partial charge in [0.2, 0.25) is 0 Å². The highest BCUT2D eigenvalue weighted by molar-refractivity contribution is 5.74. The number of nitrogens with zero attached hydrogens (tertiary/aromatic N) is 4. The van der Waals surface area contributed by atoms with Gasteiger partial charge in [-0.25, -0.2) is 15.0 Å². The number of aliphatic hydroxyl groups is 1. The number of hydrogen-bond donors (Lipinski definition) is 3. The maximum Gasteiger partial charge on any atom is 0.416 e. The van der Waals surface area contributed by atoms with E-state index in [-0.39, 0.29) is 11.7 Å². The minimum Gasteiger partial charge on any atom is -0.481 e. The maximum absolute atomic E-state index is 13.0. The number of pyridine rings is 2. The first-order valence-corrected chi connectivity index (χ1v) is 11.6. The van der Waals surface area contributed by atoms with Crippen molar-refractivity contribution >= 4 is 17.6 Å². The summed E-state index contributed by atoms with van der Waals surface area (Å²) in [5, 5.41) is 23.6. The average Bonchev–Trinajstić information content (AvgIpc) is 3.30. The molecule has 36 heavy (non-hydrogen) atoms. The van der Waals surface area contributed by atoms with Crippen LogP contribution in [-0.2, 0) is 16.6 Å². The van der Waals surface area contributed by atoms with Crippen LogP contribution in [0.4, 0.5) is 24.8 Å². The summed E-state index contributed by atoms with van der Waals surface area (Å²) in [6, 6.07) is 5.28. The highest BCUT2D eigenvalue weighted by atomic mass is 19.4. The molecule has 4 rings (SSSR count). The molecule has 1 aliphatic carbocycles. The first kappa shape index (κ1) is 25.6. The van der Waals surface area contributed by atoms with E-state index in [9.17, 15) is 28.2 Å². The van der Waals surface area contributed by atoms with E-state index in [2.05, 4.69) is 20.3 Å². The van der Waals surface area contributed by atoms with Crippen LogP contribution in [0, 0.1) is 18.3 Å². The number of aromatic nitrogens is 4. The number of hydrogen-bond acceptors (Lipinski definition) is 6. The van der Waals surface area contributed by atoms with Crippen molar-refractivity contribution in [3.05, 3.63) is 59.8 Å². The van der Waals surface area contributed by atoms with Gasteiger partial charge in [-0.15, -0.1) is 0 Å². The Kier molecular flexibility index (Phi) is 6.54. The number of anilines is 2. The molecular weight excluding hydrogens is 475 g/mol. The molecule has 3 N–H and O–H groups in total. The van der Waals surface area contributed by atoms with Gasteiger partial charge in [-0.3, -0.25) is 9.36 Å². The number of carboxylic acid groups (broad SMARTS) is 1. The van der Waals surface area contributed by atoms with Crippen molar-refractivity contribution in [1.82, 2.24) is 19.5 Å². The van der Waals surface area contributed by atoms with Crippen LogP contribution in [-0.4, -0.2) is 35.7 Å². The second-order valence-electron chi connectivity index (χ2n) is 9.94. The third kappa shape index (κ3) is 5.20. The molecule has 1 fully saturated rings. The molecular formula is C25H28F3N5O3. The SMILES string of the molecule is Cc1cc(Nc2cc(C(F)(F)F)ccn2)nc(-n2cnc([C@]3(O)CC[C@H](C(C)(C)C(=O)O)CC3)c2)c1. The summed E-state index contributed by atoms with van der Waals surface area (Å²) in [5.41, 5.74) is -1.60. The summed E-state index contributed by atoms with van der Waals surface area (Å²) < 4.78 is 40.7. The Labute approximate surface area is 206 Å². The van der Waals surface area contributed by atoms with Gasteiger partial charge in [-0.05, 0) is 82.2 Å². The first-order valence-electron chi connectivity index (χ1n) is 11.6. The molecule has 3 aromatic heterocycles. The molecule has 0 saturated heterocycles. The Morgan fingerprint density at radius 1 is 1.14 bits per heavy atom. The van der Waals surface area contributed by atoms with Crippen LogP contribution in [0.25, 0.3) is 5.82 Å². The number of aliphatic carboxylic acids is 1. The number of imidazole rings is 1. The Morgan fingerprint density at radius 3 is 2.47 bits per heavy atom. The van der Waals surface area contributed by atoms with Crippen LogP contribution in [0.5, 0.6) is 0 Å². The monoisotopic (exact) mass is 503 g/mol. The van der Waals surface area contributed by atoms with E-state index in [1.54, 1.807) is 36.7 Å². The Morgan fingerprint density at radius 2 is 1.83 bits per heavy atom. The molecule has 1 saturated carbocycles. The van der Waals surface area contributed by atoms with Gasteiger partial charge in [0.15, 0.2) is 0 Å². The molecule has 0 aliphatic heterocycles. The minimum absolute atomic E-state index is 0.00977. The molecule has 1 aliphatic rings. The van der Waals surface area contributed by atoms with Gasteiger partial charge in [0.05, 0.1) is 16.7 Å². The highest BCUT2D eigenvalue weighted by Crippen LogP contribution is 2.45. The van der Waals surface area contributed by atoms with Gasteiger partial charge < -0.3 is 15.5 Å². The third-order valence-electron chi connectivity index (χ3n) is 7.01. The molecule has 0 aromatic carbocycles. The second kappa shape index (κ2) is 9.20. The molecule has 0 spiro atoms. The summed E-state index contributed by atoms with van der Waals surface area (Å²) in [7, 11) is 0. The lowest BCUT2D eigenvalue weighted by atomic mass is 9.67. The van der Waals surface area contributed by atoms with Gasteiger partial charge >= 0.3 is 12.1 Å². The molecule has 192 valence electrons. The van der Waals surface area contributed by atoms with E-state index in [4.69, 9.17) is 0 Å². The van der Waals surface area contributed by atoms with Gasteiger partial charge in [-0.1, -0.05) is 0 Å². The van der Waals surface area contributed by atoms with Crippen molar-refractivity contribution in [3.8, 4) is 5.82 Å². The number of alkyl halides is 3. The highest BCUT2D eigenvalue weighted by Gasteiger charge is 2.44. The number of rotatable bonds is 6. The number of nitrogens with one attached hydrogen (secondary N) is 1. The molecule has 8 nitrogen and oxygen atoms in total. The van der Waals surface area contributed by atoms with Crippen LogP contribution in [0.3, 0.4) is 0 Å². The summed E-state index contributed by atoms with van der Waals surface area (Å²) in [6.45, 7) is 5.25. The van der Waals surface area contributed by atoms with Crippen molar-refractivity contribution in [2.45, 2.75) is 58.2 Å². The molecule has 11 heteroatoms. The zero-order chi connectivity index (χ0) is 26.3. The summed E-state index contributed by atoms with van der Waals surface area (Å²) in [4.78, 5) is 24.4. The maximum atomic E-state index is 13.0. The predicted molar refractivity (Wildman–Crippen MR) is 126 cm³/mol. The van der Waals surface area contributed by atoms with Crippen molar-refractivity contribution in [2.24, 2.45) is 11.3 Å². The molecule has 0 radical (unpaired) electrons. The van der Waals surface area contributed by atoms with Crippen LogP contribution in [0.15, 0.2) is 43.0 Å². The normalized spacial score (nSPS) is 20.8. The molecule has 3 heterocycles. The molecule has 0 amide bonds. The van der Waals surface area contributed by atoms with Crippen LogP contribution in [0.2, 0.25) is 0 Å². The summed E-state index contributed by atoms with van der Waals surface area (Å²) in [6.07, 6.45) is 1.69. The van der Waals surface area contributed by atoms with E-state index in [0.29, 0.717) is 43.0 Å². The second-order valence-corrected chi connectivity index (χ2v) is 9.94. The zero-order valence-electron chi connectivity index (χ0n) is 20.2. The van der Waals surface area contributed by atoms with Gasteiger partial charge in [0, 0.05) is 12.4 Å². The fourth-order valence-electron chi connectivity index (χ4n) is 4.59. The quantitative estimate of drug-likeness (QED) is 0.423. The number of carbonyl (C=O) groups is 1. The van der Waals surface area contributed by atoms with Gasteiger partial charge in [-0.2, -0.15) is 13.2 Å². The summed E-state index contributed by atoms with van der Waals surface area (Å²) >= 11 is 0. The van der Waals surface area contributed by atoms with Crippen molar-refractivity contribution < 1.29 is 28.2 Å². The van der Waals surface area contributed by atoms with E-state index >= 15 is 0 Å². The van der Waals surface area contributed by atoms with E-state index in [1.807, 2.05) is 6.92 Å². The number of halogens is 3. The molecule has 0 atom stereocenters. The third-order valence-corrected chi connectivity index (χ3v) is 7.01. The lowest BCUT2D eigenvalue weighted by molar-refractivity contribution is -0.152. The topological polar surface area (TPSA) is 113 Å². The van der Waals surface area contributed by atoms with Crippen molar-refractivity contribution in [2.75, 3.05) is 5.32 Å². The average molecular weight is 504 g/mol. The Balaban J connectivity index is 1.53. The van der Waals surface area contributed by atoms with Crippen LogP contribution in [0.1, 0.15) is 56.4 Å². The number of carboxylic acids is 1. The zero-order valence-corrected chi connectivity index (χ0v) is 20.2. The standard InChI is InChI=1S/C25H28F3N5O3/c1-15-10-20(31-19-12-17(6-9-29-19)25(26,27)28)32-21(11-15)33-13-18(30-14-33)24(36)7-4-16(5-8-24)23(2,3)22(34)35/h6,9-14,16,36H,4-5,7-8H2,1-3H3,(H,34,35)(H,29,31,32)/t16-,24-. The lowest BCUT2D eigenvalue weighted by Crippen LogP contribution is -2.40. The van der Waals surface area contributed by atoms with E-state index < -0.39 is 28.7 Å². The van der Waals surface area contributed by atoms with Gasteiger partial charge in [0.25, 0.3) is 0 Å². The Hall–Kier alpha value is -3.47. The van der Waals surface area contributed by atoms with Crippen molar-refractivity contribution in [1.29, 1.82) is 0 Å². The largest absolute Gasteiger partial charge is 0.481 e. The van der Waals surface area contributed by atoms with Crippen LogP contribution >= 0.6 is 0 Å². The molecule has 0 unspecified atom stereocenters. The smallest absolute Gasteiger partial charge is 0.416 e. The molecule has 3 aromatic rings. The van der Waals surface area contributed by atoms with Gasteiger partial charge in [0.1, 0.15) is 29.4 Å².